The first-order valence-electron chi connectivity index (χ1n) is 15.4. The number of aromatic nitrogens is 5. The van der Waals surface area contributed by atoms with Crippen molar-refractivity contribution >= 4 is 28.7 Å². The second-order valence-electron chi connectivity index (χ2n) is 8.59. The quantitative estimate of drug-likeness (QED) is 0.230. The molecule has 0 radical (unpaired) electrons. The molecule has 2 aliphatic carbocycles. The number of thioether (sulfide) groups is 1. The monoisotopic (exact) mass is 526 g/mol. The zero-order chi connectivity index (χ0) is 32.5. The van der Waals surface area contributed by atoms with Gasteiger partial charge in [0.15, 0.2) is 22.1 Å². The van der Waals surface area contributed by atoms with Crippen molar-refractivity contribution in [2.75, 3.05) is 24.2 Å². The van der Waals surface area contributed by atoms with Gasteiger partial charge in [0.2, 0.25) is 0 Å². The average molecular weight is 527 g/mol. The van der Waals surface area contributed by atoms with E-state index in [0.29, 0.717) is 11.8 Å². The van der Waals surface area contributed by atoms with Crippen LogP contribution in [0.2, 0.25) is 0 Å². The highest BCUT2D eigenvalue weighted by Crippen LogP contribution is 2.44. The summed E-state index contributed by atoms with van der Waals surface area (Å²) in [5, 5.41) is 41.8. The Kier molecular flexibility index (Phi) is 5.03. The van der Waals surface area contributed by atoms with Crippen LogP contribution < -0.4 is 5.32 Å². The van der Waals surface area contributed by atoms with E-state index in [1.807, 2.05) is 0 Å². The predicted molar refractivity (Wildman–Crippen MR) is 133 cm³/mol. The number of nitrogens with one attached hydrogen (secondary N) is 1. The first kappa shape index (κ1) is 17.2. The molecule has 3 aromatic rings. The van der Waals surface area contributed by atoms with Crippen LogP contribution in [0.3, 0.4) is 0 Å². The van der Waals surface area contributed by atoms with E-state index < -0.39 is 67.0 Å². The van der Waals surface area contributed by atoms with E-state index >= 15 is 0 Å². The van der Waals surface area contributed by atoms with Crippen LogP contribution in [-0.2, 0) is 4.74 Å². The minimum Gasteiger partial charge on any atom is -0.394 e. The number of anilines is 1. The molecule has 4 N–H and O–H groups in total. The fraction of sp³-hybridized carbons (Fsp3) is 0.583. The maximum Gasteiger partial charge on any atom is 0.191 e. The fourth-order valence-electron chi connectivity index (χ4n) is 4.18. The molecular weight excluding hydrogens is 487 g/mol. The molecule has 1 aromatic carbocycles. The Labute approximate surface area is 223 Å². The Hall–Kier alpha value is -2.38. The van der Waals surface area contributed by atoms with Crippen molar-refractivity contribution in [2.45, 2.75) is 74.6 Å². The maximum absolute atomic E-state index is 14.7. The lowest BCUT2D eigenvalue weighted by Crippen LogP contribution is -2.33. The first-order valence-corrected chi connectivity index (χ1v) is 12.2. The van der Waals surface area contributed by atoms with E-state index in [0.717, 1.165) is 0 Å². The van der Waals surface area contributed by atoms with Crippen LogP contribution in [0.1, 0.15) is 60.2 Å². The Morgan fingerprint density at radius 3 is 2.94 bits per heavy atom. The SMILES string of the molecule is [2H]c1c([2H])c([C@@H]2C[C@@]2([2H])Nc2nc(SC([2H])([2H])CC)nc3c2nnn3[C@@H]2C[C@H](OCC([2H])([2H])O)[C@@H](O)[C@H]2O)c([2H])c(F)c1C. The molecule has 0 bridgehead atoms. The minimum absolute atomic E-state index is 0.0178. The number of rotatable bonds is 10. The molecule has 12 heteroatoms. The second-order valence-corrected chi connectivity index (χ2v) is 9.45. The maximum atomic E-state index is 14.7. The number of fused-ring (bicyclic) bond motifs is 1. The Morgan fingerprint density at radius 1 is 1.33 bits per heavy atom. The average Bonchev–Trinajstić information content (AvgIpc) is 3.25. The van der Waals surface area contributed by atoms with E-state index in [4.69, 9.17) is 15.7 Å². The van der Waals surface area contributed by atoms with Crippen molar-refractivity contribution in [2.24, 2.45) is 0 Å². The minimum atomic E-state index is -2.66. The summed E-state index contributed by atoms with van der Waals surface area (Å²) in [6.45, 7) is -0.477. The van der Waals surface area contributed by atoms with Crippen LogP contribution in [-0.4, -0.2) is 83.5 Å². The Morgan fingerprint density at radius 2 is 2.17 bits per heavy atom. The van der Waals surface area contributed by atoms with Crippen LogP contribution in [0.15, 0.2) is 23.3 Å². The molecule has 0 unspecified atom stereocenters. The van der Waals surface area contributed by atoms with Crippen LogP contribution in [0.25, 0.3) is 11.2 Å². The van der Waals surface area contributed by atoms with Crippen molar-refractivity contribution in [3.63, 3.8) is 0 Å². The summed E-state index contributed by atoms with van der Waals surface area (Å²) in [5.74, 6) is -1.82. The summed E-state index contributed by atoms with van der Waals surface area (Å²) in [7, 11) is 0. The molecular formula is C24H31FN6O4S. The second kappa shape index (κ2) is 10.5. The summed E-state index contributed by atoms with van der Waals surface area (Å²) < 4.78 is 85.7. The standard InChI is InChI=1S/C24H31FN6O4S/c1-3-8-36-24-27-22(26-16-10-14(16)13-5-4-12(2)15(25)9-13)19-23(28-24)31(30-29-19)17-11-18(35-7-6-32)21(34)20(17)33/h4-5,9,14,16-18,20-21,32-34H,3,6-8,10-11H2,1-2H3,(H,26,27,28)/t14-,16+,17+,18-,20-,21+/m0/s1/i4D,5D,6D2,8D2,9D,16D. The third kappa shape index (κ3) is 4.92. The van der Waals surface area contributed by atoms with Gasteiger partial charge in [-0.3, -0.25) is 0 Å². The molecule has 6 atom stereocenters. The number of hydrogen-bond acceptors (Lipinski definition) is 10. The molecule has 2 heterocycles. The summed E-state index contributed by atoms with van der Waals surface area (Å²) in [4.78, 5) is 8.79. The lowest BCUT2D eigenvalue weighted by molar-refractivity contribution is -0.0629. The van der Waals surface area contributed by atoms with Crippen LogP contribution >= 0.6 is 11.8 Å². The molecule has 0 spiro atoms. The van der Waals surface area contributed by atoms with Crippen molar-refractivity contribution in [3.05, 3.63) is 35.1 Å². The number of ether oxygens (including phenoxy) is 1. The molecule has 5 rings (SSSR count). The van der Waals surface area contributed by atoms with Crippen molar-refractivity contribution < 1.29 is 35.4 Å². The third-order valence-corrected chi connectivity index (χ3v) is 6.95. The van der Waals surface area contributed by atoms with Gasteiger partial charge in [-0.1, -0.05) is 36.0 Å². The molecule has 0 aliphatic heterocycles. The zero-order valence-electron chi connectivity index (χ0n) is 27.5. The van der Waals surface area contributed by atoms with Gasteiger partial charge >= 0.3 is 0 Å². The van der Waals surface area contributed by atoms with Crippen LogP contribution in [0, 0.1) is 12.7 Å². The number of halogens is 1. The van der Waals surface area contributed by atoms with E-state index in [-0.39, 0.29) is 64.6 Å². The number of hydrogen-bond donors (Lipinski definition) is 4. The molecule has 2 saturated carbocycles. The highest BCUT2D eigenvalue weighted by Gasteiger charge is 2.45. The molecule has 2 aromatic heterocycles. The van der Waals surface area contributed by atoms with Crippen LogP contribution in [0.4, 0.5) is 10.2 Å². The smallest absolute Gasteiger partial charge is 0.191 e. The van der Waals surface area contributed by atoms with E-state index in [1.165, 1.54) is 11.6 Å². The van der Waals surface area contributed by atoms with E-state index in [9.17, 15) is 19.7 Å². The fourth-order valence-corrected chi connectivity index (χ4v) is 4.73. The highest BCUT2D eigenvalue weighted by atomic mass is 32.2. The topological polar surface area (TPSA) is 138 Å². The van der Waals surface area contributed by atoms with Gasteiger partial charge in [-0.15, -0.1) is 5.10 Å². The molecule has 10 nitrogen and oxygen atoms in total. The number of aliphatic hydroxyl groups excluding tert-OH is 2. The number of aliphatic hydroxyl groups is 3. The van der Waals surface area contributed by atoms with Gasteiger partial charge in [-0.25, -0.2) is 19.0 Å². The summed E-state index contributed by atoms with van der Waals surface area (Å²) in [6.07, 6.45) is -3.94. The summed E-state index contributed by atoms with van der Waals surface area (Å²) >= 11 is 0.697. The van der Waals surface area contributed by atoms with Crippen LogP contribution in [0.5, 0.6) is 0 Å². The van der Waals surface area contributed by atoms with Gasteiger partial charge in [-0.2, -0.15) is 0 Å². The zero-order valence-corrected chi connectivity index (χ0v) is 20.3. The lowest BCUT2D eigenvalue weighted by atomic mass is 10.1. The predicted octanol–water partition coefficient (Wildman–Crippen LogP) is 2.18. The van der Waals surface area contributed by atoms with E-state index in [1.54, 1.807) is 6.92 Å². The molecule has 0 amide bonds. The lowest BCUT2D eigenvalue weighted by Gasteiger charge is -2.17. The van der Waals surface area contributed by atoms with Crippen molar-refractivity contribution in [1.29, 1.82) is 0 Å². The Balaban J connectivity index is 1.52. The van der Waals surface area contributed by atoms with Gasteiger partial charge in [0.1, 0.15) is 18.0 Å². The molecule has 2 fully saturated rings. The van der Waals surface area contributed by atoms with Gasteiger partial charge < -0.3 is 25.4 Å². The number of nitrogens with zero attached hydrogens (tertiary/aromatic N) is 5. The van der Waals surface area contributed by atoms with Crippen molar-refractivity contribution in [3.8, 4) is 0 Å². The normalized spacial score (nSPS) is 33.7. The molecule has 0 saturated heterocycles. The van der Waals surface area contributed by atoms with Gasteiger partial charge in [0, 0.05) is 26.8 Å². The van der Waals surface area contributed by atoms with Gasteiger partial charge in [-0.05, 0) is 36.9 Å². The number of benzene rings is 1. The largest absolute Gasteiger partial charge is 0.394 e. The summed E-state index contributed by atoms with van der Waals surface area (Å²) in [6, 6.07) is -3.85. The summed E-state index contributed by atoms with van der Waals surface area (Å²) in [5.41, 5.74) is -1.97. The molecule has 2 aliphatic rings. The third-order valence-electron chi connectivity index (χ3n) is 6.16. The van der Waals surface area contributed by atoms with E-state index in [2.05, 4.69) is 25.6 Å². The van der Waals surface area contributed by atoms with Gasteiger partial charge in [0.25, 0.3) is 0 Å². The van der Waals surface area contributed by atoms with Crippen molar-refractivity contribution in [1.82, 2.24) is 25.0 Å². The highest BCUT2D eigenvalue weighted by molar-refractivity contribution is 7.99. The first-order chi connectivity index (χ1) is 20.4. The molecule has 36 heavy (non-hydrogen) atoms. The molecule has 194 valence electrons. The Bertz CT molecular complexity index is 1570. The van der Waals surface area contributed by atoms with Gasteiger partial charge in [0.05, 0.1) is 33.5 Å².